The zero-order valence-corrected chi connectivity index (χ0v) is 21.7. The van der Waals surface area contributed by atoms with E-state index < -0.39 is 16.5 Å². The molecule has 0 aliphatic heterocycles. The number of hydrogen-bond acceptors (Lipinski definition) is 2. The van der Waals surface area contributed by atoms with Crippen molar-refractivity contribution in [3.63, 3.8) is 0 Å². The fraction of sp³-hybridized carbons (Fsp3) is 1.00. The molecule has 0 bridgehead atoms. The van der Waals surface area contributed by atoms with Gasteiger partial charge in [-0.2, -0.15) is 0 Å². The van der Waals surface area contributed by atoms with Gasteiger partial charge in [0.2, 0.25) is 0 Å². The molecule has 2 fully saturated rings. The molecule has 0 saturated heterocycles. The van der Waals surface area contributed by atoms with Gasteiger partial charge in [0.05, 0.1) is 0 Å². The van der Waals surface area contributed by atoms with Crippen LogP contribution < -0.4 is 9.96 Å². The smallest absolute Gasteiger partial charge is 0.123 e. The summed E-state index contributed by atoms with van der Waals surface area (Å²) in [6, 6.07) is 0. The van der Waals surface area contributed by atoms with Crippen molar-refractivity contribution >= 4 is 16.5 Å². The number of fused-ring (bicyclic) bond motifs is 1. The molecular weight excluding hydrogens is 348 g/mol. The van der Waals surface area contributed by atoms with Crippen molar-refractivity contribution in [2.24, 2.45) is 17.8 Å². The molecule has 2 aliphatic rings. The maximum atomic E-state index is 4.16. The van der Waals surface area contributed by atoms with Gasteiger partial charge < -0.3 is 9.96 Å². The van der Waals surface area contributed by atoms with Gasteiger partial charge in [0.1, 0.15) is 16.5 Å². The van der Waals surface area contributed by atoms with Gasteiger partial charge in [-0.1, -0.05) is 58.8 Å². The lowest BCUT2D eigenvalue weighted by molar-refractivity contribution is 0.269. The third-order valence-corrected chi connectivity index (χ3v) is 15.0. The molecule has 0 aromatic carbocycles. The van der Waals surface area contributed by atoms with Crippen molar-refractivity contribution in [1.29, 1.82) is 0 Å². The van der Waals surface area contributed by atoms with Gasteiger partial charge in [0.25, 0.3) is 0 Å². The van der Waals surface area contributed by atoms with Gasteiger partial charge in [0.15, 0.2) is 0 Å². The second kappa shape index (κ2) is 7.31. The highest BCUT2D eigenvalue weighted by Gasteiger charge is 2.59. The van der Waals surface area contributed by atoms with Gasteiger partial charge in [-0.25, -0.2) is 0 Å². The highest BCUT2D eigenvalue weighted by molar-refractivity contribution is 6.79. The van der Waals surface area contributed by atoms with Crippen LogP contribution in [0.2, 0.25) is 37.3 Å². The molecule has 2 nitrogen and oxygen atoms in total. The first-order chi connectivity index (χ1) is 11.6. The SMILES string of the molecule is CC1C([Si](C)(C)NC(C)(C)C)C2CCCCC2C1[Si](C)(C)NC(C)(C)C. The molecule has 4 atom stereocenters. The van der Waals surface area contributed by atoms with Gasteiger partial charge in [-0.3, -0.25) is 0 Å². The second-order valence-corrected chi connectivity index (χ2v) is 21.4. The average Bonchev–Trinajstić information content (AvgIpc) is 2.65. The predicted octanol–water partition coefficient (Wildman–Crippen LogP) is 6.37. The molecule has 0 radical (unpaired) electrons. The summed E-state index contributed by atoms with van der Waals surface area (Å²) in [6.07, 6.45) is 5.90. The molecular formula is C22H48N2Si2. The highest BCUT2D eigenvalue weighted by Crippen LogP contribution is 2.63. The van der Waals surface area contributed by atoms with E-state index in [4.69, 9.17) is 0 Å². The predicted molar refractivity (Wildman–Crippen MR) is 123 cm³/mol. The number of nitrogens with one attached hydrogen (secondary N) is 2. The van der Waals surface area contributed by atoms with Crippen molar-refractivity contribution in [2.75, 3.05) is 0 Å². The first-order valence-electron chi connectivity index (χ1n) is 11.1. The van der Waals surface area contributed by atoms with Crippen molar-refractivity contribution < 1.29 is 0 Å². The molecule has 0 heterocycles. The summed E-state index contributed by atoms with van der Waals surface area (Å²) in [7, 11) is -3.02. The molecule has 0 aromatic heterocycles. The van der Waals surface area contributed by atoms with Crippen molar-refractivity contribution in [3.8, 4) is 0 Å². The zero-order chi connectivity index (χ0) is 20.1. The van der Waals surface area contributed by atoms with Crippen LogP contribution in [-0.4, -0.2) is 27.5 Å². The van der Waals surface area contributed by atoms with Crippen LogP contribution >= 0.6 is 0 Å². The summed E-state index contributed by atoms with van der Waals surface area (Å²) in [6.45, 7) is 27.3. The summed E-state index contributed by atoms with van der Waals surface area (Å²) in [5, 5.41) is 0. The van der Waals surface area contributed by atoms with E-state index in [9.17, 15) is 0 Å². The fourth-order valence-electron chi connectivity index (χ4n) is 7.57. The molecule has 2 saturated carbocycles. The quantitative estimate of drug-likeness (QED) is 0.539. The fourth-order valence-corrected chi connectivity index (χ4v) is 18.0. The molecule has 4 unspecified atom stereocenters. The second-order valence-electron chi connectivity index (χ2n) is 12.7. The molecule has 0 spiro atoms. The maximum absolute atomic E-state index is 4.16. The van der Waals surface area contributed by atoms with Crippen LogP contribution in [0.3, 0.4) is 0 Å². The summed E-state index contributed by atoms with van der Waals surface area (Å²) >= 11 is 0. The van der Waals surface area contributed by atoms with E-state index in [1.54, 1.807) is 0 Å². The molecule has 2 rings (SSSR count). The van der Waals surface area contributed by atoms with E-state index in [0.717, 1.165) is 28.8 Å². The number of hydrogen-bond donors (Lipinski definition) is 2. The Balaban J connectivity index is 2.37. The Hall–Kier alpha value is 0.354. The lowest BCUT2D eigenvalue weighted by Gasteiger charge is -2.44. The van der Waals surface area contributed by atoms with Crippen LogP contribution in [0.1, 0.15) is 74.1 Å². The molecule has 0 aromatic rings. The van der Waals surface area contributed by atoms with Crippen molar-refractivity contribution in [3.05, 3.63) is 0 Å². The Morgan fingerprint density at radius 1 is 0.654 bits per heavy atom. The Morgan fingerprint density at radius 3 is 1.23 bits per heavy atom. The van der Waals surface area contributed by atoms with Gasteiger partial charge in [-0.05, 0) is 70.4 Å². The molecule has 2 aliphatic carbocycles. The highest BCUT2D eigenvalue weighted by atomic mass is 28.3. The minimum atomic E-state index is -1.51. The molecule has 154 valence electrons. The first kappa shape index (κ1) is 22.6. The Morgan fingerprint density at radius 2 is 0.962 bits per heavy atom. The average molecular weight is 397 g/mol. The monoisotopic (exact) mass is 396 g/mol. The van der Waals surface area contributed by atoms with Crippen LogP contribution in [-0.2, 0) is 0 Å². The summed E-state index contributed by atoms with van der Waals surface area (Å²) in [4.78, 5) is 8.31. The van der Waals surface area contributed by atoms with Crippen LogP contribution in [0.4, 0.5) is 0 Å². The summed E-state index contributed by atoms with van der Waals surface area (Å²) < 4.78 is 0. The lowest BCUT2D eigenvalue weighted by Crippen LogP contribution is -2.60. The first-order valence-corrected chi connectivity index (χ1v) is 17.3. The van der Waals surface area contributed by atoms with Crippen LogP contribution in [0, 0.1) is 17.8 Å². The van der Waals surface area contributed by atoms with Gasteiger partial charge in [0, 0.05) is 11.1 Å². The maximum Gasteiger partial charge on any atom is 0.123 e. The Kier molecular flexibility index (Phi) is 6.37. The van der Waals surface area contributed by atoms with E-state index in [-0.39, 0.29) is 11.1 Å². The van der Waals surface area contributed by atoms with Gasteiger partial charge in [-0.15, -0.1) is 0 Å². The molecule has 4 heteroatoms. The Labute approximate surface area is 166 Å². The molecule has 2 N–H and O–H groups in total. The molecule has 0 amide bonds. The third-order valence-electron chi connectivity index (χ3n) is 6.99. The van der Waals surface area contributed by atoms with E-state index in [2.05, 4.69) is 84.6 Å². The molecule has 26 heavy (non-hydrogen) atoms. The third kappa shape index (κ3) is 5.04. The van der Waals surface area contributed by atoms with E-state index in [1.807, 2.05) is 0 Å². The van der Waals surface area contributed by atoms with Crippen LogP contribution in [0.25, 0.3) is 0 Å². The van der Waals surface area contributed by atoms with E-state index >= 15 is 0 Å². The number of rotatable bonds is 4. The Bertz CT molecular complexity index is 443. The van der Waals surface area contributed by atoms with E-state index in [0.29, 0.717) is 0 Å². The minimum Gasteiger partial charge on any atom is -0.332 e. The topological polar surface area (TPSA) is 24.1 Å². The van der Waals surface area contributed by atoms with Crippen LogP contribution in [0.15, 0.2) is 0 Å². The largest absolute Gasteiger partial charge is 0.332 e. The standard InChI is InChI=1S/C22H48N2Si2/c1-16-19(25(8,9)23-21(2,3)4)17-14-12-13-15-18(17)20(16)26(10,11)24-22(5,6)7/h16-20,23-24H,12-15H2,1-11H3. The minimum absolute atomic E-state index is 0.230. The normalized spacial score (nSPS) is 34.0. The van der Waals surface area contributed by atoms with Crippen molar-refractivity contribution in [2.45, 2.75) is 122 Å². The lowest BCUT2D eigenvalue weighted by atomic mass is 9.81. The summed E-state index contributed by atoms with van der Waals surface area (Å²) in [5.74, 6) is 2.79. The van der Waals surface area contributed by atoms with E-state index in [1.165, 1.54) is 25.7 Å². The van der Waals surface area contributed by atoms with Crippen molar-refractivity contribution in [1.82, 2.24) is 9.96 Å². The van der Waals surface area contributed by atoms with Gasteiger partial charge >= 0.3 is 0 Å². The summed E-state index contributed by atoms with van der Waals surface area (Å²) in [5.41, 5.74) is 2.30. The van der Waals surface area contributed by atoms with Crippen LogP contribution in [0.5, 0.6) is 0 Å². The zero-order valence-electron chi connectivity index (χ0n) is 19.7.